The second-order valence-electron chi connectivity index (χ2n) is 4.98. The third-order valence-electron chi connectivity index (χ3n) is 3.68. The summed E-state index contributed by atoms with van der Waals surface area (Å²) in [6.45, 7) is 12.5. The fourth-order valence-electron chi connectivity index (χ4n) is 2.28. The minimum Gasteiger partial charge on any atom is -0.342 e. The molecule has 106 valence electrons. The van der Waals surface area contributed by atoms with Crippen molar-refractivity contribution in [1.29, 1.82) is 0 Å². The van der Waals surface area contributed by atoms with Crippen molar-refractivity contribution in [2.45, 2.75) is 47.2 Å². The van der Waals surface area contributed by atoms with E-state index in [-0.39, 0.29) is 11.9 Å². The van der Waals surface area contributed by atoms with Gasteiger partial charge in [-0.3, -0.25) is 4.79 Å². The Balaban J connectivity index is 2.64. The highest BCUT2D eigenvalue weighted by molar-refractivity contribution is 5.81. The number of carbonyl (C=O) groups is 1. The summed E-state index contributed by atoms with van der Waals surface area (Å²) in [5.74, 6) is 0.177. The molecular formula is C16H26N2O. The van der Waals surface area contributed by atoms with Gasteiger partial charge in [0.2, 0.25) is 5.91 Å². The molecule has 1 aromatic rings. The average Bonchev–Trinajstić information content (AvgIpc) is 2.39. The van der Waals surface area contributed by atoms with Crippen molar-refractivity contribution in [2.24, 2.45) is 0 Å². The lowest BCUT2D eigenvalue weighted by atomic mass is 10.0. The van der Waals surface area contributed by atoms with Crippen LogP contribution in [0.1, 0.15) is 37.5 Å². The van der Waals surface area contributed by atoms with Gasteiger partial charge < -0.3 is 10.2 Å². The summed E-state index contributed by atoms with van der Waals surface area (Å²) < 4.78 is 0. The van der Waals surface area contributed by atoms with Crippen LogP contribution in [0.2, 0.25) is 0 Å². The van der Waals surface area contributed by atoms with Crippen LogP contribution in [-0.2, 0) is 11.3 Å². The third-order valence-corrected chi connectivity index (χ3v) is 3.68. The number of rotatable bonds is 6. The summed E-state index contributed by atoms with van der Waals surface area (Å²) in [7, 11) is 0. The highest BCUT2D eigenvalue weighted by Gasteiger charge is 2.17. The maximum Gasteiger partial charge on any atom is 0.239 e. The molecule has 0 heterocycles. The number of hydrogen-bond donors (Lipinski definition) is 1. The van der Waals surface area contributed by atoms with Crippen molar-refractivity contribution >= 4 is 5.91 Å². The summed E-state index contributed by atoms with van der Waals surface area (Å²) in [5, 5.41) is 3.34. The number of carbonyl (C=O) groups excluding carboxylic acids is 1. The van der Waals surface area contributed by atoms with Gasteiger partial charge in [0.05, 0.1) is 6.04 Å². The lowest BCUT2D eigenvalue weighted by Gasteiger charge is -2.24. The van der Waals surface area contributed by atoms with Crippen molar-refractivity contribution in [3.63, 3.8) is 0 Å². The van der Waals surface area contributed by atoms with Crippen LogP contribution in [0.15, 0.2) is 18.2 Å². The Kier molecular flexibility index (Phi) is 6.03. The fourth-order valence-corrected chi connectivity index (χ4v) is 2.28. The average molecular weight is 262 g/mol. The van der Waals surface area contributed by atoms with E-state index in [2.05, 4.69) is 37.4 Å². The van der Waals surface area contributed by atoms with Gasteiger partial charge in [-0.1, -0.05) is 18.2 Å². The van der Waals surface area contributed by atoms with Gasteiger partial charge in [0.1, 0.15) is 0 Å². The van der Waals surface area contributed by atoms with Gasteiger partial charge >= 0.3 is 0 Å². The molecule has 0 aliphatic heterocycles. The van der Waals surface area contributed by atoms with E-state index in [1.165, 1.54) is 16.7 Å². The Labute approximate surface area is 117 Å². The number of amides is 1. The van der Waals surface area contributed by atoms with Gasteiger partial charge in [-0.05, 0) is 51.3 Å². The number of aryl methyl sites for hydroxylation is 2. The number of benzene rings is 1. The number of hydrogen-bond acceptors (Lipinski definition) is 2. The molecule has 0 saturated heterocycles. The summed E-state index contributed by atoms with van der Waals surface area (Å²) in [5.41, 5.74) is 3.84. The lowest BCUT2D eigenvalue weighted by Crippen LogP contribution is -2.44. The van der Waals surface area contributed by atoms with E-state index in [1.54, 1.807) is 0 Å². The molecule has 3 nitrogen and oxygen atoms in total. The molecular weight excluding hydrogens is 236 g/mol. The van der Waals surface area contributed by atoms with Crippen LogP contribution in [0.3, 0.4) is 0 Å². The zero-order chi connectivity index (χ0) is 14.4. The van der Waals surface area contributed by atoms with E-state index >= 15 is 0 Å². The summed E-state index contributed by atoms with van der Waals surface area (Å²) >= 11 is 0. The molecule has 0 radical (unpaired) electrons. The predicted molar refractivity (Wildman–Crippen MR) is 80.1 cm³/mol. The third kappa shape index (κ3) is 4.06. The Hall–Kier alpha value is -1.35. The van der Waals surface area contributed by atoms with Gasteiger partial charge in [-0.25, -0.2) is 0 Å². The van der Waals surface area contributed by atoms with E-state index in [9.17, 15) is 4.79 Å². The van der Waals surface area contributed by atoms with Crippen molar-refractivity contribution < 1.29 is 4.79 Å². The second kappa shape index (κ2) is 7.29. The Morgan fingerprint density at radius 1 is 1.21 bits per heavy atom. The van der Waals surface area contributed by atoms with Gasteiger partial charge in [0.15, 0.2) is 0 Å². The van der Waals surface area contributed by atoms with Crippen molar-refractivity contribution in [3.8, 4) is 0 Å². The Morgan fingerprint density at radius 3 is 2.21 bits per heavy atom. The van der Waals surface area contributed by atoms with E-state index < -0.39 is 0 Å². The van der Waals surface area contributed by atoms with Gasteiger partial charge in [-0.15, -0.1) is 0 Å². The molecule has 1 unspecified atom stereocenters. The standard InChI is InChI=1S/C16H26N2O/c1-6-18(7-2)16(19)14(5)17-11-15-12(3)9-8-10-13(15)4/h8-10,14,17H,6-7,11H2,1-5H3. The minimum absolute atomic E-state index is 0.140. The second-order valence-corrected chi connectivity index (χ2v) is 4.98. The molecule has 0 bridgehead atoms. The summed E-state index contributed by atoms with van der Waals surface area (Å²) in [4.78, 5) is 14.0. The molecule has 1 atom stereocenters. The molecule has 19 heavy (non-hydrogen) atoms. The molecule has 0 saturated carbocycles. The largest absolute Gasteiger partial charge is 0.342 e. The van der Waals surface area contributed by atoms with E-state index in [1.807, 2.05) is 25.7 Å². The molecule has 3 heteroatoms. The molecule has 0 aromatic heterocycles. The normalized spacial score (nSPS) is 12.3. The molecule has 1 rings (SSSR count). The van der Waals surface area contributed by atoms with Crippen LogP contribution in [-0.4, -0.2) is 29.9 Å². The molecule has 0 spiro atoms. The highest BCUT2D eigenvalue weighted by atomic mass is 16.2. The van der Waals surface area contributed by atoms with Gasteiger partial charge in [0.25, 0.3) is 0 Å². The monoisotopic (exact) mass is 262 g/mol. The first-order valence-corrected chi connectivity index (χ1v) is 7.08. The first-order valence-electron chi connectivity index (χ1n) is 7.08. The van der Waals surface area contributed by atoms with Gasteiger partial charge in [-0.2, -0.15) is 0 Å². The molecule has 0 aliphatic carbocycles. The van der Waals surface area contributed by atoms with E-state index in [0.29, 0.717) is 0 Å². The van der Waals surface area contributed by atoms with Crippen LogP contribution < -0.4 is 5.32 Å². The number of likely N-dealkylation sites (N-methyl/N-ethyl adjacent to an activating group) is 1. The van der Waals surface area contributed by atoms with E-state index in [0.717, 1.165) is 19.6 Å². The zero-order valence-corrected chi connectivity index (χ0v) is 12.8. The predicted octanol–water partition coefficient (Wildman–Crippen LogP) is 2.65. The Bertz CT molecular complexity index is 405. The smallest absolute Gasteiger partial charge is 0.239 e. The van der Waals surface area contributed by atoms with Crippen LogP contribution in [0, 0.1) is 13.8 Å². The van der Waals surface area contributed by atoms with Crippen LogP contribution >= 0.6 is 0 Å². The highest BCUT2D eigenvalue weighted by Crippen LogP contribution is 2.13. The molecule has 0 aliphatic rings. The van der Waals surface area contributed by atoms with Crippen molar-refractivity contribution in [3.05, 3.63) is 34.9 Å². The van der Waals surface area contributed by atoms with Gasteiger partial charge in [0, 0.05) is 19.6 Å². The van der Waals surface area contributed by atoms with E-state index in [4.69, 9.17) is 0 Å². The van der Waals surface area contributed by atoms with Crippen molar-refractivity contribution in [1.82, 2.24) is 10.2 Å². The maximum atomic E-state index is 12.2. The molecule has 0 fully saturated rings. The fraction of sp³-hybridized carbons (Fsp3) is 0.562. The number of nitrogens with zero attached hydrogens (tertiary/aromatic N) is 1. The quantitative estimate of drug-likeness (QED) is 0.855. The molecule has 1 N–H and O–H groups in total. The van der Waals surface area contributed by atoms with Crippen LogP contribution in [0.4, 0.5) is 0 Å². The lowest BCUT2D eigenvalue weighted by molar-refractivity contribution is -0.132. The van der Waals surface area contributed by atoms with Crippen LogP contribution in [0.25, 0.3) is 0 Å². The summed E-state index contributed by atoms with van der Waals surface area (Å²) in [6.07, 6.45) is 0. The first-order chi connectivity index (χ1) is 9.01. The summed E-state index contributed by atoms with van der Waals surface area (Å²) in [6, 6.07) is 6.15. The molecule has 1 amide bonds. The zero-order valence-electron chi connectivity index (χ0n) is 12.8. The Morgan fingerprint density at radius 2 is 1.74 bits per heavy atom. The van der Waals surface area contributed by atoms with Crippen molar-refractivity contribution in [2.75, 3.05) is 13.1 Å². The first kappa shape index (κ1) is 15.7. The minimum atomic E-state index is -0.140. The maximum absolute atomic E-state index is 12.2. The SMILES string of the molecule is CCN(CC)C(=O)C(C)NCc1c(C)cccc1C. The molecule has 1 aromatic carbocycles. The number of nitrogens with one attached hydrogen (secondary N) is 1. The topological polar surface area (TPSA) is 32.3 Å². The van der Waals surface area contributed by atoms with Crippen LogP contribution in [0.5, 0.6) is 0 Å².